The van der Waals surface area contributed by atoms with Gasteiger partial charge in [0.15, 0.2) is 0 Å². The molecule has 0 aliphatic heterocycles. The third-order valence-electron chi connectivity index (χ3n) is 4.11. The van der Waals surface area contributed by atoms with E-state index in [1.165, 1.54) is 25.0 Å². The summed E-state index contributed by atoms with van der Waals surface area (Å²) in [6.45, 7) is 3.93. The summed E-state index contributed by atoms with van der Waals surface area (Å²) in [6, 6.07) is 8.96. The molecule has 0 atom stereocenters. The molecule has 1 aliphatic rings. The summed E-state index contributed by atoms with van der Waals surface area (Å²) < 4.78 is 19.3. The average molecular weight is 347 g/mol. The van der Waals surface area contributed by atoms with Crippen molar-refractivity contribution in [3.63, 3.8) is 0 Å². The molecule has 24 heavy (non-hydrogen) atoms. The highest BCUT2D eigenvalue weighted by atomic mass is 35.5. The third-order valence-corrected chi connectivity index (χ3v) is 4.42. The largest absolute Gasteiger partial charge is 0.457 e. The van der Waals surface area contributed by atoms with E-state index in [2.05, 4.69) is 16.9 Å². The van der Waals surface area contributed by atoms with Crippen LogP contribution in [0.3, 0.4) is 0 Å². The van der Waals surface area contributed by atoms with Gasteiger partial charge in [-0.2, -0.15) is 0 Å². The number of benzene rings is 2. The van der Waals surface area contributed by atoms with Crippen molar-refractivity contribution in [2.24, 2.45) is 4.99 Å². The van der Waals surface area contributed by atoms with Gasteiger partial charge >= 0.3 is 0 Å². The molecular weight excluding hydrogens is 327 g/mol. The Hall–Kier alpha value is -2.07. The van der Waals surface area contributed by atoms with Crippen LogP contribution < -0.4 is 4.74 Å². The molecule has 3 rings (SSSR count). The van der Waals surface area contributed by atoms with Crippen molar-refractivity contribution in [1.82, 2.24) is 4.90 Å². The van der Waals surface area contributed by atoms with E-state index in [9.17, 15) is 4.39 Å². The molecule has 1 fully saturated rings. The fourth-order valence-electron chi connectivity index (χ4n) is 2.42. The summed E-state index contributed by atoms with van der Waals surface area (Å²) in [7, 11) is 2.05. The number of aryl methyl sites for hydroxylation is 2. The quantitative estimate of drug-likeness (QED) is 0.516. The molecule has 0 aromatic heterocycles. The van der Waals surface area contributed by atoms with E-state index in [0.29, 0.717) is 17.5 Å². The summed E-state index contributed by atoms with van der Waals surface area (Å²) in [6.07, 6.45) is 4.37. The Bertz CT molecular complexity index is 787. The van der Waals surface area contributed by atoms with Gasteiger partial charge in [0.25, 0.3) is 0 Å². The molecule has 2 aromatic rings. The van der Waals surface area contributed by atoms with Crippen molar-refractivity contribution in [1.29, 1.82) is 0 Å². The Kier molecular flexibility index (Phi) is 4.76. The van der Waals surface area contributed by atoms with Crippen molar-refractivity contribution in [2.75, 3.05) is 7.05 Å². The lowest BCUT2D eigenvalue weighted by Crippen LogP contribution is -2.17. The maximum absolute atomic E-state index is 13.5. The summed E-state index contributed by atoms with van der Waals surface area (Å²) in [5, 5.41) is 0.0831. The first-order valence-corrected chi connectivity index (χ1v) is 8.32. The normalized spacial score (nSPS) is 14.2. The molecule has 5 heteroatoms. The SMILES string of the molecule is Cc1cc(Oc2ccc(Cl)c(F)c2)c(C)cc1N=CN(C)C1CC1. The monoisotopic (exact) mass is 346 g/mol. The Morgan fingerprint density at radius 1 is 1.21 bits per heavy atom. The predicted molar refractivity (Wildman–Crippen MR) is 96.3 cm³/mol. The molecule has 0 spiro atoms. The van der Waals surface area contributed by atoms with Gasteiger partial charge in [0.1, 0.15) is 17.3 Å². The smallest absolute Gasteiger partial charge is 0.145 e. The number of aliphatic imine (C=N–C) groups is 1. The fraction of sp³-hybridized carbons (Fsp3) is 0.316. The molecule has 1 saturated carbocycles. The number of nitrogens with zero attached hydrogens (tertiary/aromatic N) is 2. The molecule has 126 valence electrons. The molecule has 0 unspecified atom stereocenters. The van der Waals surface area contributed by atoms with Gasteiger partial charge in [-0.3, -0.25) is 0 Å². The van der Waals surface area contributed by atoms with E-state index in [1.807, 2.05) is 32.3 Å². The molecule has 0 N–H and O–H groups in total. The van der Waals surface area contributed by atoms with Gasteiger partial charge in [0, 0.05) is 19.2 Å². The minimum Gasteiger partial charge on any atom is -0.457 e. The van der Waals surface area contributed by atoms with Crippen molar-refractivity contribution in [3.8, 4) is 11.5 Å². The fourth-order valence-corrected chi connectivity index (χ4v) is 2.54. The number of hydrogen-bond acceptors (Lipinski definition) is 2. The zero-order valence-electron chi connectivity index (χ0n) is 14.0. The van der Waals surface area contributed by atoms with Crippen LogP contribution in [0.15, 0.2) is 35.3 Å². The molecule has 0 saturated heterocycles. The summed E-state index contributed by atoms with van der Waals surface area (Å²) >= 11 is 5.70. The lowest BCUT2D eigenvalue weighted by Gasteiger charge is -2.13. The van der Waals surface area contributed by atoms with Crippen molar-refractivity contribution < 1.29 is 9.13 Å². The zero-order valence-corrected chi connectivity index (χ0v) is 14.8. The van der Waals surface area contributed by atoms with Crippen LogP contribution in [-0.4, -0.2) is 24.3 Å². The van der Waals surface area contributed by atoms with E-state index < -0.39 is 5.82 Å². The van der Waals surface area contributed by atoms with Gasteiger partial charge in [-0.25, -0.2) is 9.38 Å². The first-order chi connectivity index (χ1) is 11.4. The van der Waals surface area contributed by atoms with Gasteiger partial charge < -0.3 is 9.64 Å². The highest BCUT2D eigenvalue weighted by molar-refractivity contribution is 6.30. The van der Waals surface area contributed by atoms with Gasteiger partial charge in [0.05, 0.1) is 17.0 Å². The first-order valence-electron chi connectivity index (χ1n) is 7.94. The third kappa shape index (κ3) is 3.88. The van der Waals surface area contributed by atoms with Gasteiger partial charge in [-0.05, 0) is 62.1 Å². The Balaban J connectivity index is 1.79. The zero-order chi connectivity index (χ0) is 17.3. The number of hydrogen-bond donors (Lipinski definition) is 0. The van der Waals surface area contributed by atoms with Crippen LogP contribution in [0.4, 0.5) is 10.1 Å². The molecule has 3 nitrogen and oxygen atoms in total. The minimum atomic E-state index is -0.493. The van der Waals surface area contributed by atoms with Crippen molar-refractivity contribution >= 4 is 23.6 Å². The van der Waals surface area contributed by atoms with E-state index in [-0.39, 0.29) is 5.02 Å². The Morgan fingerprint density at radius 3 is 2.62 bits per heavy atom. The first kappa shape index (κ1) is 16.8. The Morgan fingerprint density at radius 2 is 1.96 bits per heavy atom. The second-order valence-corrected chi connectivity index (χ2v) is 6.63. The van der Waals surface area contributed by atoms with Crippen LogP contribution in [0, 0.1) is 19.7 Å². The number of halogens is 2. The minimum absolute atomic E-state index is 0.0831. The lowest BCUT2D eigenvalue weighted by molar-refractivity contribution is 0.473. The standard InChI is InChI=1S/C19H20ClFN2O/c1-12-9-19(24-15-6-7-16(20)17(21)10-15)13(2)8-18(12)22-11-23(3)14-4-5-14/h6-11,14H,4-5H2,1-3H3. The van der Waals surface area contributed by atoms with Crippen LogP contribution in [0.1, 0.15) is 24.0 Å². The molecule has 1 aliphatic carbocycles. The number of rotatable bonds is 5. The molecule has 2 aromatic carbocycles. The van der Waals surface area contributed by atoms with E-state index in [4.69, 9.17) is 16.3 Å². The lowest BCUT2D eigenvalue weighted by atomic mass is 10.1. The average Bonchev–Trinajstić information content (AvgIpc) is 3.37. The highest BCUT2D eigenvalue weighted by Crippen LogP contribution is 2.33. The molecule has 0 radical (unpaired) electrons. The number of ether oxygens (including phenoxy) is 1. The van der Waals surface area contributed by atoms with E-state index in [0.717, 1.165) is 16.8 Å². The van der Waals surface area contributed by atoms with Crippen LogP contribution >= 0.6 is 11.6 Å². The maximum atomic E-state index is 13.5. The molecular formula is C19H20ClFN2O. The van der Waals surface area contributed by atoms with Gasteiger partial charge in [0.2, 0.25) is 0 Å². The predicted octanol–water partition coefficient (Wildman–Crippen LogP) is 5.64. The second-order valence-electron chi connectivity index (χ2n) is 6.22. The molecule has 0 heterocycles. The second kappa shape index (κ2) is 6.81. The van der Waals surface area contributed by atoms with Crippen LogP contribution in [0.2, 0.25) is 5.02 Å². The Labute approximate surface area is 146 Å². The van der Waals surface area contributed by atoms with Crippen LogP contribution in [0.5, 0.6) is 11.5 Å². The maximum Gasteiger partial charge on any atom is 0.145 e. The van der Waals surface area contributed by atoms with E-state index >= 15 is 0 Å². The van der Waals surface area contributed by atoms with Crippen molar-refractivity contribution in [2.45, 2.75) is 32.7 Å². The highest BCUT2D eigenvalue weighted by Gasteiger charge is 2.24. The summed E-state index contributed by atoms with van der Waals surface area (Å²) in [5.41, 5.74) is 2.86. The van der Waals surface area contributed by atoms with Crippen molar-refractivity contribution in [3.05, 3.63) is 52.3 Å². The summed E-state index contributed by atoms with van der Waals surface area (Å²) in [4.78, 5) is 6.72. The topological polar surface area (TPSA) is 24.8 Å². The van der Waals surface area contributed by atoms with Gasteiger partial charge in [-0.15, -0.1) is 0 Å². The summed E-state index contributed by atoms with van der Waals surface area (Å²) in [5.74, 6) is 0.612. The van der Waals surface area contributed by atoms with Crippen LogP contribution in [-0.2, 0) is 0 Å². The van der Waals surface area contributed by atoms with E-state index in [1.54, 1.807) is 6.07 Å². The van der Waals surface area contributed by atoms with Crippen LogP contribution in [0.25, 0.3) is 0 Å². The molecule has 0 amide bonds. The van der Waals surface area contributed by atoms with Gasteiger partial charge in [-0.1, -0.05) is 11.6 Å². The molecule has 0 bridgehead atoms.